The van der Waals surface area contributed by atoms with Crippen molar-refractivity contribution in [3.05, 3.63) is 53.1 Å². The van der Waals surface area contributed by atoms with E-state index in [1.807, 2.05) is 56.6 Å². The van der Waals surface area contributed by atoms with Gasteiger partial charge >= 0.3 is 6.03 Å². The van der Waals surface area contributed by atoms with Crippen LogP contribution in [0.4, 0.5) is 10.5 Å². The van der Waals surface area contributed by atoms with Crippen LogP contribution in [0.3, 0.4) is 0 Å². The predicted molar refractivity (Wildman–Crippen MR) is 125 cm³/mol. The number of likely N-dealkylation sites (N-methyl/N-ethyl adjacent to an activating group) is 1. The molecule has 1 aliphatic rings. The Morgan fingerprint density at radius 1 is 1.19 bits per heavy atom. The summed E-state index contributed by atoms with van der Waals surface area (Å²) in [5.74, 6) is 1.59. The molecule has 2 aromatic carbocycles. The van der Waals surface area contributed by atoms with Crippen LogP contribution in [0.2, 0.25) is 5.02 Å². The van der Waals surface area contributed by atoms with E-state index in [-0.39, 0.29) is 18.1 Å². The summed E-state index contributed by atoms with van der Waals surface area (Å²) < 4.78 is 11.0. The highest BCUT2D eigenvalue weighted by Crippen LogP contribution is 2.33. The van der Waals surface area contributed by atoms with Gasteiger partial charge in [-0.05, 0) is 44.8 Å². The fraction of sp³-hybridized carbons (Fsp3) is 0.435. The van der Waals surface area contributed by atoms with Gasteiger partial charge in [0.2, 0.25) is 0 Å². The molecule has 2 amide bonds. The number of hydrogen-bond donors (Lipinski definition) is 2. The SMILES string of the molecule is COc1ccccc1C(CNC(=O)NC1CCN(c2cc(Cl)ccc2OC)C1)N(C)C. The molecule has 0 saturated carbocycles. The first kappa shape index (κ1) is 23.0. The van der Waals surface area contributed by atoms with Gasteiger partial charge in [0.15, 0.2) is 0 Å². The Morgan fingerprint density at radius 2 is 1.94 bits per heavy atom. The van der Waals surface area contributed by atoms with E-state index in [2.05, 4.69) is 20.4 Å². The Hall–Kier alpha value is -2.64. The molecule has 2 N–H and O–H groups in total. The molecule has 2 aromatic rings. The number of halogens is 1. The van der Waals surface area contributed by atoms with E-state index in [4.69, 9.17) is 21.1 Å². The summed E-state index contributed by atoms with van der Waals surface area (Å²) >= 11 is 6.17. The Balaban J connectivity index is 1.57. The highest BCUT2D eigenvalue weighted by atomic mass is 35.5. The second kappa shape index (κ2) is 10.6. The van der Waals surface area contributed by atoms with E-state index >= 15 is 0 Å². The van der Waals surface area contributed by atoms with Crippen LogP contribution in [0.25, 0.3) is 0 Å². The first-order chi connectivity index (χ1) is 14.9. The minimum Gasteiger partial charge on any atom is -0.496 e. The molecule has 1 heterocycles. The van der Waals surface area contributed by atoms with E-state index in [1.165, 1.54) is 0 Å². The number of carbonyl (C=O) groups is 1. The van der Waals surface area contributed by atoms with E-state index in [0.29, 0.717) is 18.1 Å². The second-order valence-electron chi connectivity index (χ2n) is 7.82. The predicted octanol–water partition coefficient (Wildman–Crippen LogP) is 3.54. The summed E-state index contributed by atoms with van der Waals surface area (Å²) in [6.45, 7) is 1.99. The van der Waals surface area contributed by atoms with Crippen LogP contribution in [-0.2, 0) is 0 Å². The maximum absolute atomic E-state index is 12.6. The number of hydrogen-bond acceptors (Lipinski definition) is 5. The lowest BCUT2D eigenvalue weighted by Gasteiger charge is -2.27. The Labute approximate surface area is 189 Å². The van der Waals surface area contributed by atoms with Crippen LogP contribution in [0.1, 0.15) is 18.0 Å². The summed E-state index contributed by atoms with van der Waals surface area (Å²) in [5.41, 5.74) is 1.99. The lowest BCUT2D eigenvalue weighted by Crippen LogP contribution is -2.45. The summed E-state index contributed by atoms with van der Waals surface area (Å²) in [4.78, 5) is 16.9. The van der Waals surface area contributed by atoms with Gasteiger partial charge in [-0.1, -0.05) is 29.8 Å². The van der Waals surface area contributed by atoms with Gasteiger partial charge in [-0.3, -0.25) is 0 Å². The third-order valence-electron chi connectivity index (χ3n) is 5.58. The molecule has 0 aromatic heterocycles. The lowest BCUT2D eigenvalue weighted by atomic mass is 10.0. The second-order valence-corrected chi connectivity index (χ2v) is 8.26. The molecule has 2 atom stereocenters. The number of nitrogens with zero attached hydrogens (tertiary/aromatic N) is 2. The number of carbonyl (C=O) groups excluding carboxylic acids is 1. The van der Waals surface area contributed by atoms with Crippen LogP contribution in [0, 0.1) is 0 Å². The van der Waals surface area contributed by atoms with Crippen molar-refractivity contribution in [3.8, 4) is 11.5 Å². The van der Waals surface area contributed by atoms with Gasteiger partial charge in [0.05, 0.1) is 25.9 Å². The summed E-state index contributed by atoms with van der Waals surface area (Å²) in [5, 5.41) is 6.77. The van der Waals surface area contributed by atoms with Crippen molar-refractivity contribution in [2.45, 2.75) is 18.5 Å². The minimum atomic E-state index is -0.174. The Kier molecular flexibility index (Phi) is 7.87. The van der Waals surface area contributed by atoms with Crippen molar-refractivity contribution in [2.24, 2.45) is 0 Å². The van der Waals surface area contributed by atoms with Crippen LogP contribution >= 0.6 is 11.6 Å². The quantitative estimate of drug-likeness (QED) is 0.649. The molecule has 168 valence electrons. The first-order valence-electron chi connectivity index (χ1n) is 10.3. The molecular weight excluding hydrogens is 416 g/mol. The van der Waals surface area contributed by atoms with Crippen molar-refractivity contribution in [1.29, 1.82) is 0 Å². The molecule has 0 spiro atoms. The van der Waals surface area contributed by atoms with E-state index in [9.17, 15) is 4.79 Å². The molecule has 0 radical (unpaired) electrons. The molecule has 0 aliphatic carbocycles. The molecular formula is C23H31ClN4O3. The Bertz CT molecular complexity index is 893. The lowest BCUT2D eigenvalue weighted by molar-refractivity contribution is 0.229. The smallest absolute Gasteiger partial charge is 0.315 e. The number of nitrogens with one attached hydrogen (secondary N) is 2. The largest absolute Gasteiger partial charge is 0.496 e. The molecule has 8 heteroatoms. The summed E-state index contributed by atoms with van der Waals surface area (Å²) in [6, 6.07) is 13.3. The van der Waals surface area contributed by atoms with E-state index in [0.717, 1.165) is 35.7 Å². The monoisotopic (exact) mass is 446 g/mol. The van der Waals surface area contributed by atoms with Crippen molar-refractivity contribution < 1.29 is 14.3 Å². The third-order valence-corrected chi connectivity index (χ3v) is 5.82. The Morgan fingerprint density at radius 3 is 2.65 bits per heavy atom. The van der Waals surface area contributed by atoms with Crippen LogP contribution in [0.5, 0.6) is 11.5 Å². The van der Waals surface area contributed by atoms with Gasteiger partial charge in [0.1, 0.15) is 11.5 Å². The molecule has 2 unspecified atom stereocenters. The molecule has 7 nitrogen and oxygen atoms in total. The molecule has 31 heavy (non-hydrogen) atoms. The topological polar surface area (TPSA) is 66.1 Å². The number of urea groups is 1. The number of para-hydroxylation sites is 1. The van der Waals surface area contributed by atoms with Crippen LogP contribution in [-0.4, -0.2) is 64.9 Å². The van der Waals surface area contributed by atoms with Gasteiger partial charge in [-0.2, -0.15) is 0 Å². The standard InChI is InChI=1S/C23H31ClN4O3/c1-27(2)20(18-7-5-6-8-21(18)30-3)14-25-23(29)26-17-11-12-28(15-17)19-13-16(24)9-10-22(19)31-4/h5-10,13,17,20H,11-12,14-15H2,1-4H3,(H2,25,26,29). The fourth-order valence-corrected chi connectivity index (χ4v) is 4.11. The van der Waals surface area contributed by atoms with Crippen molar-refractivity contribution in [3.63, 3.8) is 0 Å². The summed E-state index contributed by atoms with van der Waals surface area (Å²) in [7, 11) is 7.29. The summed E-state index contributed by atoms with van der Waals surface area (Å²) in [6.07, 6.45) is 0.854. The van der Waals surface area contributed by atoms with Gasteiger partial charge in [0.25, 0.3) is 0 Å². The van der Waals surface area contributed by atoms with Gasteiger partial charge in [-0.25, -0.2) is 4.79 Å². The van der Waals surface area contributed by atoms with Crippen molar-refractivity contribution >= 4 is 23.3 Å². The zero-order chi connectivity index (χ0) is 22.4. The molecule has 1 saturated heterocycles. The van der Waals surface area contributed by atoms with Gasteiger partial charge in [-0.15, -0.1) is 0 Å². The number of ether oxygens (including phenoxy) is 2. The van der Waals surface area contributed by atoms with Gasteiger partial charge in [0, 0.05) is 36.3 Å². The average Bonchev–Trinajstić information content (AvgIpc) is 3.22. The van der Waals surface area contributed by atoms with Crippen molar-refractivity contribution in [2.75, 3.05) is 52.8 Å². The average molecular weight is 447 g/mol. The van der Waals surface area contributed by atoms with E-state index < -0.39 is 0 Å². The maximum Gasteiger partial charge on any atom is 0.315 e. The normalized spacial score (nSPS) is 16.8. The zero-order valence-corrected chi connectivity index (χ0v) is 19.3. The molecule has 0 bridgehead atoms. The zero-order valence-electron chi connectivity index (χ0n) is 18.5. The first-order valence-corrected chi connectivity index (χ1v) is 10.7. The highest BCUT2D eigenvalue weighted by molar-refractivity contribution is 6.30. The number of methoxy groups -OCH3 is 2. The number of anilines is 1. The van der Waals surface area contributed by atoms with Crippen LogP contribution in [0.15, 0.2) is 42.5 Å². The number of benzene rings is 2. The molecule has 3 rings (SSSR count). The molecule has 1 fully saturated rings. The minimum absolute atomic E-state index is 0.00213. The fourth-order valence-electron chi connectivity index (χ4n) is 3.95. The highest BCUT2D eigenvalue weighted by Gasteiger charge is 2.26. The number of rotatable bonds is 8. The van der Waals surface area contributed by atoms with Crippen molar-refractivity contribution in [1.82, 2.24) is 15.5 Å². The third kappa shape index (κ3) is 5.74. The molecule has 1 aliphatic heterocycles. The van der Waals surface area contributed by atoms with Crippen LogP contribution < -0.4 is 25.0 Å². The van der Waals surface area contributed by atoms with Gasteiger partial charge < -0.3 is 29.9 Å². The number of amides is 2. The maximum atomic E-state index is 12.6. The van der Waals surface area contributed by atoms with E-state index in [1.54, 1.807) is 14.2 Å².